The van der Waals surface area contributed by atoms with Gasteiger partial charge < -0.3 is 15.0 Å². The number of para-hydroxylation sites is 1. The molecule has 7 nitrogen and oxygen atoms in total. The van der Waals surface area contributed by atoms with E-state index >= 15 is 0 Å². The van der Waals surface area contributed by atoms with Gasteiger partial charge in [0.2, 0.25) is 15.7 Å². The fourth-order valence-corrected chi connectivity index (χ4v) is 4.90. The third kappa shape index (κ3) is 5.04. The summed E-state index contributed by atoms with van der Waals surface area (Å²) in [6.45, 7) is 2.42. The Hall–Kier alpha value is -3.49. The summed E-state index contributed by atoms with van der Waals surface area (Å²) < 4.78 is 32.0. The van der Waals surface area contributed by atoms with E-state index in [0.717, 1.165) is 5.56 Å². The zero-order chi connectivity index (χ0) is 22.4. The van der Waals surface area contributed by atoms with E-state index in [1.54, 1.807) is 48.8 Å². The number of amides is 1. The highest BCUT2D eigenvalue weighted by molar-refractivity contribution is 7.91. The number of morpholine rings is 1. The number of hydrogen-bond acceptors (Lipinski definition) is 6. The molecule has 0 bridgehead atoms. The van der Waals surface area contributed by atoms with Crippen molar-refractivity contribution < 1.29 is 17.9 Å². The Labute approximate surface area is 187 Å². The molecule has 0 saturated carbocycles. The maximum absolute atomic E-state index is 13.3. The van der Waals surface area contributed by atoms with Crippen LogP contribution in [0.4, 0.5) is 11.4 Å². The second kappa shape index (κ2) is 9.76. The normalized spacial score (nSPS) is 14.4. The van der Waals surface area contributed by atoms with Gasteiger partial charge in [-0.2, -0.15) is 0 Å². The van der Waals surface area contributed by atoms with E-state index in [4.69, 9.17) is 4.74 Å². The molecule has 1 aliphatic rings. The molecule has 1 fully saturated rings. The Kier molecular flexibility index (Phi) is 6.63. The van der Waals surface area contributed by atoms with Gasteiger partial charge in [0, 0.05) is 37.2 Å². The third-order valence-electron chi connectivity index (χ3n) is 5.05. The van der Waals surface area contributed by atoms with E-state index in [2.05, 4.69) is 10.3 Å². The summed E-state index contributed by atoms with van der Waals surface area (Å²) in [5.41, 5.74) is 1.99. The topological polar surface area (TPSA) is 88.6 Å². The number of hydrogen-bond donors (Lipinski definition) is 1. The van der Waals surface area contributed by atoms with Crippen molar-refractivity contribution in [3.8, 4) is 0 Å². The van der Waals surface area contributed by atoms with Crippen molar-refractivity contribution in [2.45, 2.75) is 9.79 Å². The van der Waals surface area contributed by atoms with Gasteiger partial charge in [0.15, 0.2) is 0 Å². The quantitative estimate of drug-likeness (QED) is 0.581. The van der Waals surface area contributed by atoms with Crippen molar-refractivity contribution in [2.75, 3.05) is 36.5 Å². The van der Waals surface area contributed by atoms with Gasteiger partial charge in [-0.1, -0.05) is 18.2 Å². The summed E-state index contributed by atoms with van der Waals surface area (Å²) in [6, 6.07) is 16.8. The largest absolute Gasteiger partial charge is 0.378 e. The Morgan fingerprint density at radius 1 is 1.00 bits per heavy atom. The van der Waals surface area contributed by atoms with Crippen LogP contribution in [0.5, 0.6) is 0 Å². The van der Waals surface area contributed by atoms with Gasteiger partial charge in [0.25, 0.3) is 0 Å². The first-order chi connectivity index (χ1) is 15.5. The minimum atomic E-state index is -3.73. The summed E-state index contributed by atoms with van der Waals surface area (Å²) in [5, 5.41) is 2.73. The molecule has 1 saturated heterocycles. The van der Waals surface area contributed by atoms with Crippen LogP contribution in [0.25, 0.3) is 6.08 Å². The van der Waals surface area contributed by atoms with Crippen molar-refractivity contribution in [3.63, 3.8) is 0 Å². The summed E-state index contributed by atoms with van der Waals surface area (Å²) >= 11 is 0. The summed E-state index contributed by atoms with van der Waals surface area (Å²) in [6.07, 6.45) is 6.37. The first kappa shape index (κ1) is 21.7. The number of ether oxygens (including phenoxy) is 1. The Morgan fingerprint density at radius 2 is 1.75 bits per heavy atom. The van der Waals surface area contributed by atoms with Crippen LogP contribution in [0, 0.1) is 0 Å². The number of aromatic nitrogens is 1. The third-order valence-corrected chi connectivity index (χ3v) is 6.87. The first-order valence-electron chi connectivity index (χ1n) is 10.2. The predicted molar refractivity (Wildman–Crippen MR) is 123 cm³/mol. The molecule has 2 aromatic carbocycles. The average Bonchev–Trinajstić information content (AvgIpc) is 2.84. The van der Waals surface area contributed by atoms with E-state index in [0.29, 0.717) is 37.7 Å². The van der Waals surface area contributed by atoms with Crippen LogP contribution in [0.1, 0.15) is 5.56 Å². The van der Waals surface area contributed by atoms with Crippen molar-refractivity contribution in [3.05, 3.63) is 84.7 Å². The van der Waals surface area contributed by atoms with Crippen molar-refractivity contribution in [1.82, 2.24) is 4.98 Å². The number of carbonyl (C=O) groups is 1. The number of carbonyl (C=O) groups excluding carboxylic acids is 1. The fourth-order valence-electron chi connectivity index (χ4n) is 3.42. The maximum atomic E-state index is 13.3. The predicted octanol–water partition coefficient (Wildman–Crippen LogP) is 3.40. The molecule has 3 aromatic rings. The molecular formula is C24H23N3O4S. The van der Waals surface area contributed by atoms with E-state index in [9.17, 15) is 13.2 Å². The Bertz CT molecular complexity index is 1200. The highest BCUT2D eigenvalue weighted by atomic mass is 32.2. The number of rotatable bonds is 6. The lowest BCUT2D eigenvalue weighted by Crippen LogP contribution is -2.37. The molecule has 0 spiro atoms. The molecule has 32 heavy (non-hydrogen) atoms. The number of benzene rings is 2. The van der Waals surface area contributed by atoms with Crippen LogP contribution >= 0.6 is 0 Å². The number of nitrogens with one attached hydrogen (secondary N) is 1. The number of pyridine rings is 1. The molecule has 2 heterocycles. The average molecular weight is 450 g/mol. The Morgan fingerprint density at radius 3 is 2.47 bits per heavy atom. The lowest BCUT2D eigenvalue weighted by molar-refractivity contribution is -0.111. The van der Waals surface area contributed by atoms with Crippen LogP contribution in [0.15, 0.2) is 88.9 Å². The van der Waals surface area contributed by atoms with Gasteiger partial charge in [-0.3, -0.25) is 9.78 Å². The van der Waals surface area contributed by atoms with Gasteiger partial charge in [-0.05, 0) is 54.1 Å². The zero-order valence-electron chi connectivity index (χ0n) is 17.3. The molecule has 1 aliphatic heterocycles. The van der Waals surface area contributed by atoms with E-state index in [1.807, 2.05) is 23.1 Å². The summed E-state index contributed by atoms with van der Waals surface area (Å²) in [4.78, 5) is 18.6. The molecule has 4 rings (SSSR count). The Balaban J connectivity index is 1.50. The van der Waals surface area contributed by atoms with Crippen LogP contribution < -0.4 is 10.2 Å². The first-order valence-corrected chi connectivity index (χ1v) is 11.7. The molecule has 0 radical (unpaired) electrons. The molecular weight excluding hydrogens is 426 g/mol. The molecule has 1 aromatic heterocycles. The zero-order valence-corrected chi connectivity index (χ0v) is 18.2. The van der Waals surface area contributed by atoms with Gasteiger partial charge in [0.1, 0.15) is 0 Å². The molecule has 164 valence electrons. The summed E-state index contributed by atoms with van der Waals surface area (Å²) in [5.74, 6) is -0.317. The minimum absolute atomic E-state index is 0.169. The lowest BCUT2D eigenvalue weighted by atomic mass is 10.2. The molecule has 0 unspecified atom stereocenters. The molecule has 8 heteroatoms. The second-order valence-corrected chi connectivity index (χ2v) is 9.12. The van der Waals surface area contributed by atoms with Gasteiger partial charge in [-0.15, -0.1) is 0 Å². The van der Waals surface area contributed by atoms with Crippen molar-refractivity contribution in [2.24, 2.45) is 0 Å². The van der Waals surface area contributed by atoms with Crippen LogP contribution in [0.2, 0.25) is 0 Å². The monoisotopic (exact) mass is 449 g/mol. The van der Waals surface area contributed by atoms with Crippen molar-refractivity contribution >= 4 is 33.2 Å². The lowest BCUT2D eigenvalue weighted by Gasteiger charge is -2.30. The molecule has 1 amide bonds. The summed E-state index contributed by atoms with van der Waals surface area (Å²) in [7, 11) is -3.73. The van der Waals surface area contributed by atoms with Gasteiger partial charge >= 0.3 is 0 Å². The van der Waals surface area contributed by atoms with Gasteiger partial charge in [-0.25, -0.2) is 8.42 Å². The van der Waals surface area contributed by atoms with Crippen LogP contribution in [0.3, 0.4) is 0 Å². The highest BCUT2D eigenvalue weighted by Gasteiger charge is 2.24. The van der Waals surface area contributed by atoms with Crippen LogP contribution in [-0.2, 0) is 19.4 Å². The fraction of sp³-hybridized carbons (Fsp3) is 0.167. The van der Waals surface area contributed by atoms with E-state index in [-0.39, 0.29) is 15.7 Å². The molecule has 0 aliphatic carbocycles. The van der Waals surface area contributed by atoms with Gasteiger partial charge in [0.05, 0.1) is 28.7 Å². The van der Waals surface area contributed by atoms with E-state index < -0.39 is 9.84 Å². The van der Waals surface area contributed by atoms with E-state index in [1.165, 1.54) is 18.2 Å². The second-order valence-electron chi connectivity index (χ2n) is 7.20. The number of sulfone groups is 1. The SMILES string of the molecule is O=C(/C=C/c1cccnc1)Nc1ccc(S(=O)(=O)c2ccccc2N2CCOCC2)cc1. The smallest absolute Gasteiger partial charge is 0.248 e. The highest BCUT2D eigenvalue weighted by Crippen LogP contribution is 2.31. The molecule has 1 N–H and O–H groups in total. The molecule has 0 atom stereocenters. The number of nitrogens with zero attached hydrogens (tertiary/aromatic N) is 2. The maximum Gasteiger partial charge on any atom is 0.248 e. The minimum Gasteiger partial charge on any atom is -0.378 e. The standard InChI is InChI=1S/C24H23N3O4S/c28-24(12-7-19-4-3-13-25-18-19)26-20-8-10-21(11-9-20)32(29,30)23-6-2-1-5-22(23)27-14-16-31-17-15-27/h1-13,18H,14-17H2,(H,26,28)/b12-7+. The van der Waals surface area contributed by atoms with Crippen molar-refractivity contribution in [1.29, 1.82) is 0 Å². The van der Waals surface area contributed by atoms with Crippen LogP contribution in [-0.4, -0.2) is 45.6 Å². The number of anilines is 2.